The molecule has 0 saturated heterocycles. The maximum Gasteiger partial charge on any atom is 0.416 e. The molecule has 0 aliphatic heterocycles. The van der Waals surface area contributed by atoms with Gasteiger partial charge in [-0.1, -0.05) is 50.6 Å². The summed E-state index contributed by atoms with van der Waals surface area (Å²) < 4.78 is 39.5. The number of anilines is 2. The van der Waals surface area contributed by atoms with E-state index in [4.69, 9.17) is 11.6 Å². The number of hydrogen-bond donors (Lipinski definition) is 2. The second-order valence-electron chi connectivity index (χ2n) is 9.28. The van der Waals surface area contributed by atoms with Crippen LogP contribution in [-0.2, 0) is 15.8 Å². The first kappa shape index (κ1) is 23.3. The highest BCUT2D eigenvalue weighted by molar-refractivity contribution is 6.51. The van der Waals surface area contributed by atoms with Gasteiger partial charge in [0.1, 0.15) is 11.1 Å². The molecule has 2 aliphatic rings. The van der Waals surface area contributed by atoms with E-state index in [9.17, 15) is 22.8 Å². The second kappa shape index (κ2) is 7.58. The van der Waals surface area contributed by atoms with Gasteiger partial charge in [-0.05, 0) is 48.6 Å². The summed E-state index contributed by atoms with van der Waals surface area (Å²) in [6.07, 6.45) is -3.80. The van der Waals surface area contributed by atoms with Gasteiger partial charge in [-0.2, -0.15) is 18.3 Å². The third-order valence-corrected chi connectivity index (χ3v) is 7.90. The molecule has 2 aromatic rings. The van der Waals surface area contributed by atoms with E-state index in [1.165, 1.54) is 0 Å². The summed E-state index contributed by atoms with van der Waals surface area (Å²) in [6.45, 7) is 5.56. The zero-order chi connectivity index (χ0) is 24.2. The second-order valence-corrected chi connectivity index (χ2v) is 9.68. The molecule has 9 heteroatoms. The van der Waals surface area contributed by atoms with Crippen LogP contribution in [0.3, 0.4) is 0 Å². The lowest BCUT2D eigenvalue weighted by Crippen LogP contribution is -2.47. The quantitative estimate of drug-likeness (QED) is 0.409. The van der Waals surface area contributed by atoms with Gasteiger partial charge in [0.2, 0.25) is 5.91 Å². The van der Waals surface area contributed by atoms with Gasteiger partial charge in [-0.3, -0.25) is 15.0 Å². The number of hydrazone groups is 1. The predicted molar refractivity (Wildman–Crippen MR) is 121 cm³/mol. The number of para-hydroxylation sites is 1. The summed E-state index contributed by atoms with van der Waals surface area (Å²) in [5.41, 5.74) is -0.281. The highest BCUT2D eigenvalue weighted by Crippen LogP contribution is 2.69. The van der Waals surface area contributed by atoms with Crippen LogP contribution in [0.5, 0.6) is 0 Å². The van der Waals surface area contributed by atoms with Crippen molar-refractivity contribution in [2.24, 2.45) is 21.3 Å². The van der Waals surface area contributed by atoms with Crippen LogP contribution >= 0.6 is 11.6 Å². The van der Waals surface area contributed by atoms with Crippen molar-refractivity contribution < 1.29 is 22.8 Å². The van der Waals surface area contributed by atoms with Gasteiger partial charge < -0.3 is 5.32 Å². The maximum absolute atomic E-state index is 13.6. The number of carbonyl (C=O) groups is 2. The van der Waals surface area contributed by atoms with E-state index in [1.54, 1.807) is 12.1 Å². The minimum Gasteiger partial charge on any atom is -0.324 e. The molecular weight excluding hydrogens is 455 g/mol. The third-order valence-electron chi connectivity index (χ3n) is 7.57. The first-order valence-corrected chi connectivity index (χ1v) is 10.8. The van der Waals surface area contributed by atoms with Gasteiger partial charge >= 0.3 is 6.18 Å². The van der Waals surface area contributed by atoms with Gasteiger partial charge in [-0.25, -0.2) is 0 Å². The van der Waals surface area contributed by atoms with E-state index < -0.39 is 39.7 Å². The topological polar surface area (TPSA) is 70.6 Å². The molecule has 5 nitrogen and oxygen atoms in total. The molecule has 0 aromatic heterocycles. The first-order valence-electron chi connectivity index (χ1n) is 10.5. The summed E-state index contributed by atoms with van der Waals surface area (Å²) in [7, 11) is 0. The van der Waals surface area contributed by atoms with Crippen LogP contribution in [0, 0.1) is 16.2 Å². The summed E-state index contributed by atoms with van der Waals surface area (Å²) in [6, 6.07) is 11.8. The Labute approximate surface area is 194 Å². The number of nitrogens with one attached hydrogen (secondary N) is 2. The number of fused-ring (bicyclic) bond motifs is 2. The maximum atomic E-state index is 13.6. The Morgan fingerprint density at radius 2 is 1.73 bits per heavy atom. The Hall–Kier alpha value is -2.87. The first-order chi connectivity index (χ1) is 15.3. The molecule has 2 atom stereocenters. The van der Waals surface area contributed by atoms with Crippen LogP contribution in [0.25, 0.3) is 0 Å². The standard InChI is InChI=1S/C24H23ClF3N3O2/c1-21(2)22(3)11-12-23(21,19(32)18(22)31-30-15-7-5-4-6-8-15)20(33)29-17-13-14(24(26,27)28)9-10-16(17)25/h4-10,13,30H,11-12H2,1-3H3,(H,29,33). The van der Waals surface area contributed by atoms with Crippen molar-refractivity contribution in [2.75, 3.05) is 10.7 Å². The van der Waals surface area contributed by atoms with Crippen molar-refractivity contribution in [1.29, 1.82) is 0 Å². The van der Waals surface area contributed by atoms with Crippen molar-refractivity contribution in [3.05, 3.63) is 59.1 Å². The molecule has 2 saturated carbocycles. The van der Waals surface area contributed by atoms with Crippen LogP contribution in [0.1, 0.15) is 39.2 Å². The molecule has 2 unspecified atom stereocenters. The Balaban J connectivity index is 1.70. The molecule has 0 radical (unpaired) electrons. The number of benzene rings is 2. The number of Topliss-reactive ketones (excluding diaryl/α,β-unsaturated/α-hetero) is 1. The summed E-state index contributed by atoms with van der Waals surface area (Å²) in [5, 5.41) is 6.85. The average molecular weight is 478 g/mol. The lowest BCUT2D eigenvalue weighted by atomic mass is 9.64. The minimum absolute atomic E-state index is 0.0450. The Morgan fingerprint density at radius 1 is 1.06 bits per heavy atom. The van der Waals surface area contributed by atoms with E-state index in [1.807, 2.05) is 39.0 Å². The highest BCUT2D eigenvalue weighted by atomic mass is 35.5. The minimum atomic E-state index is -4.60. The lowest BCUT2D eigenvalue weighted by molar-refractivity contribution is -0.140. The van der Waals surface area contributed by atoms with Gasteiger partial charge in [0.05, 0.1) is 22.0 Å². The molecule has 2 aromatic carbocycles. The van der Waals surface area contributed by atoms with E-state index >= 15 is 0 Å². The SMILES string of the molecule is CC12CCC(C(=O)Nc3cc(C(F)(F)F)ccc3Cl)(C(=O)C1=NNc1ccccc1)C2(C)C. The van der Waals surface area contributed by atoms with E-state index in [-0.39, 0.29) is 22.8 Å². The van der Waals surface area contributed by atoms with Crippen LogP contribution in [0.4, 0.5) is 24.5 Å². The lowest BCUT2D eigenvalue weighted by Gasteiger charge is -2.37. The van der Waals surface area contributed by atoms with Gasteiger partial charge in [0, 0.05) is 5.41 Å². The highest BCUT2D eigenvalue weighted by Gasteiger charge is 2.76. The molecular formula is C24H23ClF3N3O2. The largest absolute Gasteiger partial charge is 0.416 e. The van der Waals surface area contributed by atoms with Gasteiger partial charge in [0.15, 0.2) is 5.78 Å². The number of hydrogen-bond acceptors (Lipinski definition) is 4. The molecule has 0 heterocycles. The molecule has 33 heavy (non-hydrogen) atoms. The molecule has 174 valence electrons. The Bertz CT molecular complexity index is 1160. The van der Waals surface area contributed by atoms with Gasteiger partial charge in [0.25, 0.3) is 0 Å². The fourth-order valence-electron chi connectivity index (χ4n) is 5.13. The van der Waals surface area contributed by atoms with Crippen LogP contribution in [-0.4, -0.2) is 17.4 Å². The van der Waals surface area contributed by atoms with E-state index in [0.29, 0.717) is 12.1 Å². The Morgan fingerprint density at radius 3 is 2.36 bits per heavy atom. The zero-order valence-corrected chi connectivity index (χ0v) is 19.1. The van der Waals surface area contributed by atoms with Gasteiger partial charge in [-0.15, -0.1) is 0 Å². The van der Waals surface area contributed by atoms with Crippen LogP contribution < -0.4 is 10.7 Å². The number of ketones is 1. The van der Waals surface area contributed by atoms with Crippen molar-refractivity contribution in [2.45, 2.75) is 39.8 Å². The number of halogens is 4. The molecule has 1 amide bonds. The Kier molecular flexibility index (Phi) is 5.35. The van der Waals surface area contributed by atoms with Crippen molar-refractivity contribution in [1.82, 2.24) is 0 Å². The molecule has 4 rings (SSSR count). The van der Waals surface area contributed by atoms with Crippen LogP contribution in [0.15, 0.2) is 53.6 Å². The monoisotopic (exact) mass is 477 g/mol. The summed E-state index contributed by atoms with van der Waals surface area (Å²) in [4.78, 5) is 27.2. The molecule has 2 aliphatic carbocycles. The number of rotatable bonds is 4. The zero-order valence-electron chi connectivity index (χ0n) is 18.3. The molecule has 2 bridgehead atoms. The molecule has 2 N–H and O–H groups in total. The summed E-state index contributed by atoms with van der Waals surface area (Å²) in [5.74, 6) is -1.10. The van der Waals surface area contributed by atoms with Crippen molar-refractivity contribution >= 4 is 40.4 Å². The average Bonchev–Trinajstić information content (AvgIpc) is 3.03. The van der Waals surface area contributed by atoms with E-state index in [2.05, 4.69) is 15.8 Å². The number of carbonyl (C=O) groups excluding carboxylic acids is 2. The fourth-order valence-corrected chi connectivity index (χ4v) is 5.30. The number of nitrogens with zero attached hydrogens (tertiary/aromatic N) is 1. The predicted octanol–water partition coefficient (Wildman–Crippen LogP) is 6.16. The van der Waals surface area contributed by atoms with Crippen molar-refractivity contribution in [3.63, 3.8) is 0 Å². The molecule has 2 fully saturated rings. The third kappa shape index (κ3) is 3.34. The number of alkyl halides is 3. The number of amides is 1. The van der Waals surface area contributed by atoms with Crippen LogP contribution in [0.2, 0.25) is 5.02 Å². The molecule has 0 spiro atoms. The summed E-state index contributed by atoms with van der Waals surface area (Å²) >= 11 is 6.08. The fraction of sp³-hybridized carbons (Fsp3) is 0.375. The smallest absolute Gasteiger partial charge is 0.324 e. The van der Waals surface area contributed by atoms with E-state index in [0.717, 1.165) is 18.2 Å². The normalized spacial score (nSPS) is 27.1. The van der Waals surface area contributed by atoms with Crippen molar-refractivity contribution in [3.8, 4) is 0 Å².